The third kappa shape index (κ3) is 2.29. The van der Waals surface area contributed by atoms with Gasteiger partial charge in [-0.15, -0.1) is 0 Å². The molecule has 0 radical (unpaired) electrons. The second kappa shape index (κ2) is 3.93. The molecule has 0 aliphatic heterocycles. The Balaban J connectivity index is 1.97. The Hall–Kier alpha value is -1.51. The molecule has 2 N–H and O–H groups in total. The molecule has 3 heteroatoms. The largest absolute Gasteiger partial charge is 0.508 e. The lowest BCUT2D eigenvalue weighted by Crippen LogP contribution is -2.26. The van der Waals surface area contributed by atoms with Gasteiger partial charge in [0, 0.05) is 11.6 Å². The number of hydrogen-bond donors (Lipinski definition) is 2. The molecule has 1 fully saturated rings. The van der Waals surface area contributed by atoms with Crippen LogP contribution in [0.25, 0.3) is 0 Å². The molecule has 1 amide bonds. The van der Waals surface area contributed by atoms with E-state index >= 15 is 0 Å². The molecule has 80 valence electrons. The van der Waals surface area contributed by atoms with Gasteiger partial charge < -0.3 is 10.4 Å². The van der Waals surface area contributed by atoms with Crippen LogP contribution in [-0.4, -0.2) is 17.1 Å². The Morgan fingerprint density at radius 1 is 1.60 bits per heavy atom. The van der Waals surface area contributed by atoms with Crippen LogP contribution in [-0.2, 0) is 0 Å². The van der Waals surface area contributed by atoms with Crippen LogP contribution in [0.5, 0.6) is 5.75 Å². The quantitative estimate of drug-likeness (QED) is 0.792. The summed E-state index contributed by atoms with van der Waals surface area (Å²) in [5.41, 5.74) is 0.525. The first-order valence-electron chi connectivity index (χ1n) is 5.30. The van der Waals surface area contributed by atoms with Gasteiger partial charge >= 0.3 is 0 Å². The van der Waals surface area contributed by atoms with Gasteiger partial charge in [0.25, 0.3) is 5.91 Å². The van der Waals surface area contributed by atoms with Crippen molar-refractivity contribution in [2.24, 2.45) is 5.92 Å². The van der Waals surface area contributed by atoms with E-state index in [9.17, 15) is 9.90 Å². The number of amides is 1. The Bertz CT molecular complexity index is 376. The summed E-state index contributed by atoms with van der Waals surface area (Å²) in [5.74, 6) is 0.684. The fourth-order valence-electron chi connectivity index (χ4n) is 1.77. The summed E-state index contributed by atoms with van der Waals surface area (Å²) in [6.45, 7) is 2.13. The first-order chi connectivity index (χ1) is 7.20. The molecule has 1 aliphatic rings. The van der Waals surface area contributed by atoms with E-state index < -0.39 is 0 Å². The molecule has 1 aromatic rings. The SMILES string of the molecule is CCC1CC1NC(=O)c1cccc(O)c1. The van der Waals surface area contributed by atoms with Crippen molar-refractivity contribution < 1.29 is 9.90 Å². The summed E-state index contributed by atoms with van der Waals surface area (Å²) in [5, 5.41) is 12.2. The van der Waals surface area contributed by atoms with E-state index in [0.717, 1.165) is 12.8 Å². The first-order valence-corrected chi connectivity index (χ1v) is 5.30. The zero-order valence-electron chi connectivity index (χ0n) is 8.73. The Labute approximate surface area is 89.1 Å². The van der Waals surface area contributed by atoms with Crippen molar-refractivity contribution in [1.82, 2.24) is 5.32 Å². The van der Waals surface area contributed by atoms with Gasteiger partial charge in [-0.1, -0.05) is 19.4 Å². The lowest BCUT2D eigenvalue weighted by Gasteiger charge is -2.04. The van der Waals surface area contributed by atoms with E-state index in [1.54, 1.807) is 18.2 Å². The predicted molar refractivity (Wildman–Crippen MR) is 57.8 cm³/mol. The van der Waals surface area contributed by atoms with Gasteiger partial charge in [-0.25, -0.2) is 0 Å². The third-order valence-electron chi connectivity index (χ3n) is 2.87. The molecule has 1 saturated carbocycles. The summed E-state index contributed by atoms with van der Waals surface area (Å²) in [4.78, 5) is 11.7. The second-order valence-electron chi connectivity index (χ2n) is 4.03. The lowest BCUT2D eigenvalue weighted by molar-refractivity contribution is 0.0948. The minimum atomic E-state index is -0.0909. The maximum absolute atomic E-state index is 11.7. The number of carbonyl (C=O) groups is 1. The topological polar surface area (TPSA) is 49.3 Å². The van der Waals surface area contributed by atoms with E-state index in [0.29, 0.717) is 17.5 Å². The number of rotatable bonds is 3. The highest BCUT2D eigenvalue weighted by Crippen LogP contribution is 2.33. The van der Waals surface area contributed by atoms with E-state index in [-0.39, 0.29) is 11.7 Å². The Morgan fingerprint density at radius 3 is 3.00 bits per heavy atom. The summed E-state index contributed by atoms with van der Waals surface area (Å²) < 4.78 is 0. The van der Waals surface area contributed by atoms with Crippen LogP contribution in [0, 0.1) is 5.92 Å². The van der Waals surface area contributed by atoms with Crippen LogP contribution >= 0.6 is 0 Å². The van der Waals surface area contributed by atoms with Crippen LogP contribution in [0.4, 0.5) is 0 Å². The highest BCUT2D eigenvalue weighted by Gasteiger charge is 2.36. The van der Waals surface area contributed by atoms with E-state index in [2.05, 4.69) is 12.2 Å². The van der Waals surface area contributed by atoms with Gasteiger partial charge in [-0.2, -0.15) is 0 Å². The summed E-state index contributed by atoms with van der Waals surface area (Å²) in [7, 11) is 0. The molecule has 15 heavy (non-hydrogen) atoms. The van der Waals surface area contributed by atoms with Crippen molar-refractivity contribution in [3.63, 3.8) is 0 Å². The first kappa shape index (κ1) is 10.0. The van der Waals surface area contributed by atoms with Crippen LogP contribution in [0.15, 0.2) is 24.3 Å². The predicted octanol–water partition coefficient (Wildman–Crippen LogP) is 1.92. The van der Waals surface area contributed by atoms with Crippen molar-refractivity contribution >= 4 is 5.91 Å². The van der Waals surface area contributed by atoms with Crippen LogP contribution < -0.4 is 5.32 Å². The Kier molecular flexibility index (Phi) is 2.62. The smallest absolute Gasteiger partial charge is 0.251 e. The zero-order chi connectivity index (χ0) is 10.8. The van der Waals surface area contributed by atoms with Gasteiger partial charge in [-0.05, 0) is 30.5 Å². The molecule has 2 atom stereocenters. The molecular formula is C12H15NO2. The molecule has 0 aromatic heterocycles. The maximum atomic E-state index is 11.7. The highest BCUT2D eigenvalue weighted by atomic mass is 16.3. The van der Waals surface area contributed by atoms with Gasteiger partial charge in [0.2, 0.25) is 0 Å². The van der Waals surface area contributed by atoms with Crippen molar-refractivity contribution in [1.29, 1.82) is 0 Å². The van der Waals surface area contributed by atoms with E-state index in [1.165, 1.54) is 6.07 Å². The number of benzene rings is 1. The number of aromatic hydroxyl groups is 1. The average molecular weight is 205 g/mol. The molecule has 2 unspecified atom stereocenters. The molecule has 3 nitrogen and oxygen atoms in total. The highest BCUT2D eigenvalue weighted by molar-refractivity contribution is 5.94. The molecule has 1 aromatic carbocycles. The molecule has 0 spiro atoms. The van der Waals surface area contributed by atoms with Crippen molar-refractivity contribution in [3.05, 3.63) is 29.8 Å². The molecular weight excluding hydrogens is 190 g/mol. The standard InChI is InChI=1S/C12H15NO2/c1-2-8-7-11(8)13-12(15)9-4-3-5-10(14)6-9/h3-6,8,11,14H,2,7H2,1H3,(H,13,15). The monoisotopic (exact) mass is 205 g/mol. The van der Waals surface area contributed by atoms with Crippen molar-refractivity contribution in [2.45, 2.75) is 25.8 Å². The van der Waals surface area contributed by atoms with Crippen LogP contribution in [0.1, 0.15) is 30.1 Å². The normalized spacial score (nSPS) is 23.5. The van der Waals surface area contributed by atoms with E-state index in [1.807, 2.05) is 0 Å². The van der Waals surface area contributed by atoms with Gasteiger partial charge in [-0.3, -0.25) is 4.79 Å². The molecule has 2 rings (SSSR count). The Morgan fingerprint density at radius 2 is 2.40 bits per heavy atom. The maximum Gasteiger partial charge on any atom is 0.251 e. The number of carbonyl (C=O) groups excluding carboxylic acids is 1. The van der Waals surface area contributed by atoms with E-state index in [4.69, 9.17) is 0 Å². The number of hydrogen-bond acceptors (Lipinski definition) is 2. The molecule has 1 aliphatic carbocycles. The summed E-state index contributed by atoms with van der Waals surface area (Å²) in [6, 6.07) is 6.76. The lowest BCUT2D eigenvalue weighted by atomic mass is 10.2. The minimum Gasteiger partial charge on any atom is -0.508 e. The van der Waals surface area contributed by atoms with Crippen molar-refractivity contribution in [2.75, 3.05) is 0 Å². The molecule has 0 heterocycles. The summed E-state index contributed by atoms with van der Waals surface area (Å²) >= 11 is 0. The molecule has 0 bridgehead atoms. The van der Waals surface area contributed by atoms with Gasteiger partial charge in [0.1, 0.15) is 5.75 Å². The van der Waals surface area contributed by atoms with Gasteiger partial charge in [0.15, 0.2) is 0 Å². The minimum absolute atomic E-state index is 0.0909. The van der Waals surface area contributed by atoms with Crippen molar-refractivity contribution in [3.8, 4) is 5.75 Å². The number of nitrogens with one attached hydrogen (secondary N) is 1. The average Bonchev–Trinajstić information content (AvgIpc) is 2.96. The zero-order valence-corrected chi connectivity index (χ0v) is 8.73. The molecule has 0 saturated heterocycles. The fraction of sp³-hybridized carbons (Fsp3) is 0.417. The number of phenols is 1. The second-order valence-corrected chi connectivity index (χ2v) is 4.03. The van der Waals surface area contributed by atoms with Crippen LogP contribution in [0.3, 0.4) is 0 Å². The van der Waals surface area contributed by atoms with Gasteiger partial charge in [0.05, 0.1) is 0 Å². The third-order valence-corrected chi connectivity index (χ3v) is 2.87. The fourth-order valence-corrected chi connectivity index (χ4v) is 1.77. The summed E-state index contributed by atoms with van der Waals surface area (Å²) in [6.07, 6.45) is 2.20. The number of phenolic OH excluding ortho intramolecular Hbond substituents is 1. The van der Waals surface area contributed by atoms with Crippen LogP contribution in [0.2, 0.25) is 0 Å².